The minimum absolute atomic E-state index is 0.0245. The fraction of sp³-hybridized carbons (Fsp3) is 0.828. The number of rotatable bonds is 1. The average Bonchev–Trinajstić information content (AvgIpc) is 2.72. The highest BCUT2D eigenvalue weighted by Gasteiger charge is 2.68. The van der Waals surface area contributed by atoms with Gasteiger partial charge >= 0.3 is 5.97 Å². The van der Waals surface area contributed by atoms with Crippen molar-refractivity contribution in [2.75, 3.05) is 0 Å². The highest BCUT2D eigenvalue weighted by atomic mass is 16.4. The van der Waals surface area contributed by atoms with E-state index in [4.69, 9.17) is 0 Å². The van der Waals surface area contributed by atoms with Crippen LogP contribution in [0.4, 0.5) is 0 Å². The maximum absolute atomic E-state index is 12.7. The molecule has 4 heteroatoms. The summed E-state index contributed by atoms with van der Waals surface area (Å²) in [5, 5.41) is 31.7. The van der Waals surface area contributed by atoms with Crippen LogP contribution in [-0.2, 0) is 4.79 Å². The van der Waals surface area contributed by atoms with Crippen LogP contribution >= 0.6 is 0 Å². The Morgan fingerprint density at radius 3 is 2.30 bits per heavy atom. The molecule has 0 radical (unpaired) electrons. The van der Waals surface area contributed by atoms with Crippen molar-refractivity contribution < 1.29 is 20.1 Å². The van der Waals surface area contributed by atoms with Crippen molar-refractivity contribution in [3.05, 3.63) is 23.8 Å². The Morgan fingerprint density at radius 1 is 0.970 bits per heavy atom. The molecule has 0 saturated heterocycles. The van der Waals surface area contributed by atoms with Gasteiger partial charge in [-0.25, -0.2) is 0 Å². The molecule has 5 aliphatic rings. The van der Waals surface area contributed by atoms with Crippen LogP contribution in [0.25, 0.3) is 0 Å². The number of carboxylic acid groups (broad SMARTS) is 1. The zero-order chi connectivity index (χ0) is 24.2. The third-order valence-electron chi connectivity index (χ3n) is 12.2. The Hall–Kier alpha value is -1.13. The number of fused-ring (bicyclic) bond motifs is 7. The maximum atomic E-state index is 12.7. The minimum Gasteiger partial charge on any atom is -0.481 e. The lowest BCUT2D eigenvalue weighted by atomic mass is 9.34. The number of carbonyl (C=O) groups is 1. The topological polar surface area (TPSA) is 77.8 Å². The number of carboxylic acids is 1. The predicted molar refractivity (Wildman–Crippen MR) is 129 cm³/mol. The third kappa shape index (κ3) is 2.86. The van der Waals surface area contributed by atoms with Crippen LogP contribution in [0.15, 0.2) is 23.8 Å². The molecular weight excluding hydrogens is 412 g/mol. The molecule has 184 valence electrons. The normalized spacial score (nSPS) is 53.1. The van der Waals surface area contributed by atoms with E-state index in [-0.39, 0.29) is 33.5 Å². The number of hydrogen-bond donors (Lipinski definition) is 3. The molecule has 0 aromatic carbocycles. The van der Waals surface area contributed by atoms with E-state index >= 15 is 0 Å². The average molecular weight is 457 g/mol. The van der Waals surface area contributed by atoms with Crippen LogP contribution in [-0.4, -0.2) is 33.5 Å². The van der Waals surface area contributed by atoms with Crippen molar-refractivity contribution in [3.63, 3.8) is 0 Å². The second-order valence-corrected chi connectivity index (χ2v) is 14.0. The summed E-state index contributed by atoms with van der Waals surface area (Å²) in [5.41, 5.74) is 1.75. The number of hydrogen-bond acceptors (Lipinski definition) is 3. The van der Waals surface area contributed by atoms with Gasteiger partial charge in [0.25, 0.3) is 0 Å². The highest BCUT2D eigenvalue weighted by Crippen LogP contribution is 2.74. The van der Waals surface area contributed by atoms with Crippen LogP contribution in [0.2, 0.25) is 0 Å². The summed E-state index contributed by atoms with van der Waals surface area (Å²) < 4.78 is 0. The summed E-state index contributed by atoms with van der Waals surface area (Å²) in [7, 11) is 0. The number of aliphatic hydroxyl groups is 2. The van der Waals surface area contributed by atoms with Crippen molar-refractivity contribution in [2.45, 2.75) is 105 Å². The van der Waals surface area contributed by atoms with E-state index in [9.17, 15) is 20.1 Å². The van der Waals surface area contributed by atoms with Gasteiger partial charge in [-0.1, -0.05) is 52.8 Å². The summed E-state index contributed by atoms with van der Waals surface area (Å²) >= 11 is 0. The molecule has 0 aliphatic heterocycles. The minimum atomic E-state index is -0.812. The van der Waals surface area contributed by atoms with Crippen molar-refractivity contribution >= 4 is 5.97 Å². The molecule has 3 N–H and O–H groups in total. The van der Waals surface area contributed by atoms with E-state index in [2.05, 4.69) is 47.3 Å². The second kappa shape index (κ2) is 6.97. The molecule has 0 amide bonds. The van der Waals surface area contributed by atoms with Crippen LogP contribution in [0.1, 0.15) is 92.4 Å². The molecule has 0 heterocycles. The summed E-state index contributed by atoms with van der Waals surface area (Å²) in [5.74, 6) is 0.164. The van der Waals surface area contributed by atoms with Crippen LogP contribution in [0.3, 0.4) is 0 Å². The van der Waals surface area contributed by atoms with Crippen molar-refractivity contribution in [1.29, 1.82) is 0 Å². The zero-order valence-corrected chi connectivity index (χ0v) is 21.3. The standard InChI is InChI=1S/C29H44O4/c1-17-18-9-10-28(6)22(26(18,4)16-21(30)23(17)31)8-7-19-20-15-25(2,3)11-13-29(20,24(32)33)14-12-27(19,28)5/h7,18,20-23,30-31H,1,8-16H2,2-6H3,(H,32,33)/t18?,20-,21?,22-,23?,26+,27-,28-,29+/m1/s1. The monoisotopic (exact) mass is 456 g/mol. The third-order valence-corrected chi connectivity index (χ3v) is 12.2. The van der Waals surface area contributed by atoms with Gasteiger partial charge in [-0.15, -0.1) is 0 Å². The zero-order valence-electron chi connectivity index (χ0n) is 21.3. The van der Waals surface area contributed by atoms with Gasteiger partial charge in [-0.3, -0.25) is 4.79 Å². The van der Waals surface area contributed by atoms with E-state index in [1.165, 1.54) is 5.57 Å². The lowest BCUT2D eigenvalue weighted by Gasteiger charge is -2.69. The fourth-order valence-corrected chi connectivity index (χ4v) is 9.90. The first-order valence-corrected chi connectivity index (χ1v) is 13.2. The Kier molecular flexibility index (Phi) is 4.98. The molecule has 0 aromatic heterocycles. The summed E-state index contributed by atoms with van der Waals surface area (Å²) in [6, 6.07) is 0. The molecule has 4 saturated carbocycles. The van der Waals surface area contributed by atoms with Crippen LogP contribution in [0, 0.1) is 44.8 Å². The SMILES string of the molecule is C=C1C(O)C(O)C[C@@]2(C)C1CC[C@]1(C)[C@@H]2CC=C2[C@H]3CC(C)(C)CC[C@]3(C(=O)O)CC[C@]21C. The first-order chi connectivity index (χ1) is 15.2. The van der Waals surface area contributed by atoms with Gasteiger partial charge in [0.15, 0.2) is 0 Å². The molecule has 3 unspecified atom stereocenters. The fourth-order valence-electron chi connectivity index (χ4n) is 9.90. The van der Waals surface area contributed by atoms with E-state index in [1.807, 2.05) is 0 Å². The van der Waals surface area contributed by atoms with Gasteiger partial charge in [0.1, 0.15) is 6.10 Å². The number of aliphatic hydroxyl groups excluding tert-OH is 2. The molecular formula is C29H44O4. The van der Waals surface area contributed by atoms with Gasteiger partial charge in [-0.05, 0) is 103 Å². The van der Waals surface area contributed by atoms with Gasteiger partial charge < -0.3 is 15.3 Å². The van der Waals surface area contributed by atoms with Crippen molar-refractivity contribution in [1.82, 2.24) is 0 Å². The van der Waals surface area contributed by atoms with Crippen LogP contribution in [0.5, 0.6) is 0 Å². The quantitative estimate of drug-likeness (QED) is 0.440. The first-order valence-electron chi connectivity index (χ1n) is 13.2. The lowest BCUT2D eigenvalue weighted by molar-refractivity contribution is -0.180. The molecule has 4 nitrogen and oxygen atoms in total. The second-order valence-electron chi connectivity index (χ2n) is 14.0. The molecule has 9 atom stereocenters. The Morgan fingerprint density at radius 2 is 1.64 bits per heavy atom. The predicted octanol–water partition coefficient (Wildman–Crippen LogP) is 5.73. The Bertz CT molecular complexity index is 919. The largest absolute Gasteiger partial charge is 0.481 e. The van der Waals surface area contributed by atoms with Gasteiger partial charge in [0.05, 0.1) is 11.5 Å². The van der Waals surface area contributed by atoms with E-state index in [0.717, 1.165) is 56.9 Å². The van der Waals surface area contributed by atoms with Gasteiger partial charge in [-0.2, -0.15) is 0 Å². The molecule has 5 aliphatic carbocycles. The van der Waals surface area contributed by atoms with Crippen molar-refractivity contribution in [3.8, 4) is 0 Å². The Labute approximate surface area is 199 Å². The smallest absolute Gasteiger partial charge is 0.310 e. The number of allylic oxidation sites excluding steroid dienone is 2. The summed E-state index contributed by atoms with van der Waals surface area (Å²) in [6.45, 7) is 16.1. The van der Waals surface area contributed by atoms with Gasteiger partial charge in [0.2, 0.25) is 0 Å². The molecule has 0 spiro atoms. The molecule has 4 fully saturated rings. The first kappa shape index (κ1) is 23.6. The summed E-state index contributed by atoms with van der Waals surface area (Å²) in [6.07, 6.45) is 8.96. The molecule has 5 rings (SSSR count). The van der Waals surface area contributed by atoms with E-state index in [0.29, 0.717) is 12.3 Å². The lowest BCUT2D eigenvalue weighted by Crippen LogP contribution is -2.64. The van der Waals surface area contributed by atoms with Crippen LogP contribution < -0.4 is 0 Å². The van der Waals surface area contributed by atoms with Crippen molar-refractivity contribution in [2.24, 2.45) is 44.8 Å². The Balaban J connectivity index is 1.60. The number of aliphatic carboxylic acids is 1. The molecule has 0 aromatic rings. The molecule has 0 bridgehead atoms. The maximum Gasteiger partial charge on any atom is 0.310 e. The summed E-state index contributed by atoms with van der Waals surface area (Å²) in [4.78, 5) is 12.7. The molecule has 33 heavy (non-hydrogen) atoms. The highest BCUT2D eigenvalue weighted by molar-refractivity contribution is 5.76. The van der Waals surface area contributed by atoms with E-state index < -0.39 is 23.6 Å². The van der Waals surface area contributed by atoms with E-state index in [1.54, 1.807) is 0 Å². The van der Waals surface area contributed by atoms with Gasteiger partial charge in [0, 0.05) is 0 Å².